The number of allylic oxidation sites excluding steroid dienone is 1. The Bertz CT molecular complexity index is 982. The molecule has 0 fully saturated rings. The Morgan fingerprint density at radius 1 is 1.38 bits per heavy atom. The van der Waals surface area contributed by atoms with Crippen LogP contribution in [0.4, 0.5) is 8.78 Å². The number of rotatable bonds is 4. The lowest BCUT2D eigenvalue weighted by Gasteiger charge is -2.25. The van der Waals surface area contributed by atoms with Crippen LogP contribution in [0.2, 0.25) is 0 Å². The van der Waals surface area contributed by atoms with Gasteiger partial charge in [0.05, 0.1) is 18.7 Å². The van der Waals surface area contributed by atoms with Gasteiger partial charge >= 0.3 is 0 Å². The van der Waals surface area contributed by atoms with Gasteiger partial charge in [0.1, 0.15) is 18.5 Å². The zero-order valence-corrected chi connectivity index (χ0v) is 15.8. The van der Waals surface area contributed by atoms with E-state index in [9.17, 15) is 13.6 Å². The highest BCUT2D eigenvalue weighted by Crippen LogP contribution is 2.32. The van der Waals surface area contributed by atoms with Crippen LogP contribution in [0.5, 0.6) is 5.75 Å². The average molecular weight is 395 g/mol. The molecule has 0 aromatic heterocycles. The molecule has 0 aliphatic carbocycles. The number of alkyl halides is 2. The van der Waals surface area contributed by atoms with Gasteiger partial charge in [-0.1, -0.05) is 18.2 Å². The lowest BCUT2D eigenvalue weighted by molar-refractivity contribution is 0.0175. The van der Waals surface area contributed by atoms with E-state index >= 15 is 0 Å². The van der Waals surface area contributed by atoms with Crippen molar-refractivity contribution in [2.75, 3.05) is 19.7 Å². The standard InChI is InChI=1S/C22H19F2N3O2/c1-22(23,24)17-5-2-4-15(12-17)16-6-7-18-19(13-16)29-11-10-27(21(18)28)14-20-25-8-3-9-26-20/h3,5-9,12-13,20,25H,10-11,14H2,1H3. The maximum absolute atomic E-state index is 13.6. The number of carbonyl (C=O) groups excluding carboxylic acids is 1. The molecule has 148 valence electrons. The topological polar surface area (TPSA) is 53.9 Å². The summed E-state index contributed by atoms with van der Waals surface area (Å²) in [6, 6.07) is 13.2. The summed E-state index contributed by atoms with van der Waals surface area (Å²) in [5, 5.41) is 3.10. The van der Waals surface area contributed by atoms with Crippen molar-refractivity contribution < 1.29 is 18.3 Å². The van der Waals surface area contributed by atoms with Gasteiger partial charge in [-0.3, -0.25) is 9.79 Å². The highest BCUT2D eigenvalue weighted by molar-refractivity contribution is 5.98. The second-order valence-electron chi connectivity index (χ2n) is 6.97. The molecule has 1 atom stereocenters. The molecule has 7 heteroatoms. The van der Waals surface area contributed by atoms with Crippen molar-refractivity contribution in [2.24, 2.45) is 4.99 Å². The monoisotopic (exact) mass is 395 g/mol. The lowest BCUT2D eigenvalue weighted by atomic mass is 10.0. The number of fused-ring (bicyclic) bond motifs is 1. The van der Waals surface area contributed by atoms with Crippen LogP contribution in [-0.2, 0) is 5.92 Å². The lowest BCUT2D eigenvalue weighted by Crippen LogP contribution is -2.42. The van der Waals surface area contributed by atoms with Crippen LogP contribution in [0.1, 0.15) is 22.8 Å². The number of nitrogens with zero attached hydrogens (tertiary/aromatic N) is 2. The number of carbonyl (C=O) groups is 1. The molecule has 1 unspecified atom stereocenters. The number of amides is 1. The zero-order chi connectivity index (χ0) is 20.4. The smallest absolute Gasteiger partial charge is 0.271 e. The second kappa shape index (κ2) is 7.55. The molecule has 2 aliphatic heterocycles. The summed E-state index contributed by atoms with van der Waals surface area (Å²) >= 11 is 0. The summed E-state index contributed by atoms with van der Waals surface area (Å²) in [5.41, 5.74) is 1.40. The minimum absolute atomic E-state index is 0.140. The first-order valence-corrected chi connectivity index (χ1v) is 9.24. The number of ether oxygens (including phenoxy) is 1. The summed E-state index contributed by atoms with van der Waals surface area (Å²) in [4.78, 5) is 19.0. The second-order valence-corrected chi connectivity index (χ2v) is 6.97. The van der Waals surface area contributed by atoms with Crippen LogP contribution < -0.4 is 10.1 Å². The Morgan fingerprint density at radius 2 is 2.24 bits per heavy atom. The van der Waals surface area contributed by atoms with E-state index in [0.29, 0.717) is 42.1 Å². The molecule has 29 heavy (non-hydrogen) atoms. The van der Waals surface area contributed by atoms with Crippen molar-refractivity contribution in [3.8, 4) is 16.9 Å². The summed E-state index contributed by atoms with van der Waals surface area (Å²) in [7, 11) is 0. The Hall–Kier alpha value is -3.40. The molecule has 0 spiro atoms. The molecule has 2 aliphatic rings. The van der Waals surface area contributed by atoms with Crippen LogP contribution in [0.3, 0.4) is 0 Å². The van der Waals surface area contributed by atoms with E-state index in [-0.39, 0.29) is 17.6 Å². The molecule has 1 N–H and O–H groups in total. The number of benzene rings is 1. The molecule has 0 saturated carbocycles. The SMILES string of the molecule is CC(F)(F)c1cc#cc(-c2ccc3c(c2)OCCN(CC2N=CC=CN2)C3=O)c1. The highest BCUT2D eigenvalue weighted by Gasteiger charge is 2.27. The van der Waals surface area contributed by atoms with Crippen LogP contribution in [0, 0.1) is 12.1 Å². The van der Waals surface area contributed by atoms with E-state index in [0.717, 1.165) is 6.92 Å². The Balaban J connectivity index is 1.59. The molecule has 5 nitrogen and oxygen atoms in total. The first-order chi connectivity index (χ1) is 13.9. The van der Waals surface area contributed by atoms with Crippen molar-refractivity contribution in [3.05, 3.63) is 65.9 Å². The minimum atomic E-state index is -2.97. The van der Waals surface area contributed by atoms with Gasteiger partial charge in [-0.2, -0.15) is 0 Å². The molecule has 2 aromatic rings. The molecule has 2 aromatic carbocycles. The van der Waals surface area contributed by atoms with Gasteiger partial charge in [0.2, 0.25) is 0 Å². The average Bonchev–Trinajstić information content (AvgIpc) is 2.87. The number of hydrogen-bond acceptors (Lipinski definition) is 4. The third kappa shape index (κ3) is 4.06. The summed E-state index contributed by atoms with van der Waals surface area (Å²) < 4.78 is 33.1. The third-order valence-corrected chi connectivity index (χ3v) is 4.80. The Labute approximate surface area is 167 Å². The minimum Gasteiger partial charge on any atom is -0.491 e. The van der Waals surface area contributed by atoms with E-state index in [2.05, 4.69) is 22.4 Å². The van der Waals surface area contributed by atoms with E-state index in [1.165, 1.54) is 12.1 Å². The molecule has 0 bridgehead atoms. The van der Waals surface area contributed by atoms with Crippen molar-refractivity contribution >= 4 is 12.1 Å². The summed E-state index contributed by atoms with van der Waals surface area (Å²) in [6.07, 6.45) is 5.08. The zero-order valence-electron chi connectivity index (χ0n) is 15.8. The highest BCUT2D eigenvalue weighted by atomic mass is 19.3. The fourth-order valence-electron chi connectivity index (χ4n) is 3.25. The van der Waals surface area contributed by atoms with Gasteiger partial charge in [0, 0.05) is 24.3 Å². The fourth-order valence-corrected chi connectivity index (χ4v) is 3.25. The van der Waals surface area contributed by atoms with Crippen LogP contribution in [0.25, 0.3) is 11.1 Å². The van der Waals surface area contributed by atoms with Gasteiger partial charge in [-0.25, -0.2) is 8.78 Å². The van der Waals surface area contributed by atoms with Gasteiger partial charge in [0.15, 0.2) is 0 Å². The largest absolute Gasteiger partial charge is 0.491 e. The predicted molar refractivity (Wildman–Crippen MR) is 105 cm³/mol. The molecular weight excluding hydrogens is 376 g/mol. The number of aliphatic imine (C=N–C) groups is 1. The van der Waals surface area contributed by atoms with E-state index in [1.807, 2.05) is 0 Å². The van der Waals surface area contributed by atoms with Crippen LogP contribution >= 0.6 is 0 Å². The normalized spacial score (nSPS) is 18.4. The first kappa shape index (κ1) is 18.9. The van der Waals surface area contributed by atoms with Gasteiger partial charge in [0.25, 0.3) is 11.8 Å². The van der Waals surface area contributed by atoms with Crippen molar-refractivity contribution in [3.63, 3.8) is 0 Å². The number of nitrogens with one attached hydrogen (secondary N) is 1. The van der Waals surface area contributed by atoms with Crippen LogP contribution in [-0.4, -0.2) is 42.9 Å². The van der Waals surface area contributed by atoms with E-state index < -0.39 is 5.92 Å². The maximum atomic E-state index is 13.6. The third-order valence-electron chi connectivity index (χ3n) is 4.80. The van der Waals surface area contributed by atoms with E-state index in [1.54, 1.807) is 41.6 Å². The Kier molecular flexibility index (Phi) is 4.93. The van der Waals surface area contributed by atoms with Crippen molar-refractivity contribution in [1.82, 2.24) is 10.2 Å². The first-order valence-electron chi connectivity index (χ1n) is 9.24. The summed E-state index contributed by atoms with van der Waals surface area (Å²) in [6.45, 7) is 2.02. The van der Waals surface area contributed by atoms with Crippen molar-refractivity contribution in [1.29, 1.82) is 0 Å². The number of halogens is 2. The van der Waals surface area contributed by atoms with E-state index in [4.69, 9.17) is 4.74 Å². The number of hydrogen-bond donors (Lipinski definition) is 1. The maximum Gasteiger partial charge on any atom is 0.271 e. The van der Waals surface area contributed by atoms with Gasteiger partial charge in [-0.15, -0.1) is 0 Å². The fraction of sp³-hybridized carbons (Fsp3) is 0.273. The molecule has 0 saturated heterocycles. The molecular formula is C22H19F2N3O2. The van der Waals surface area contributed by atoms with Crippen LogP contribution in [0.15, 0.2) is 47.6 Å². The Morgan fingerprint density at radius 3 is 3.00 bits per heavy atom. The quantitative estimate of drug-likeness (QED) is 0.863. The molecule has 4 rings (SSSR count). The molecule has 2 heterocycles. The predicted octanol–water partition coefficient (Wildman–Crippen LogP) is 3.41. The van der Waals surface area contributed by atoms with Crippen molar-refractivity contribution in [2.45, 2.75) is 19.0 Å². The summed E-state index contributed by atoms with van der Waals surface area (Å²) in [5.74, 6) is -2.69. The van der Waals surface area contributed by atoms with Gasteiger partial charge < -0.3 is 15.0 Å². The van der Waals surface area contributed by atoms with Gasteiger partial charge in [-0.05, 0) is 42.1 Å². The molecule has 0 radical (unpaired) electrons. The molecule has 1 amide bonds.